The summed E-state index contributed by atoms with van der Waals surface area (Å²) in [7, 11) is 2.07. The van der Waals surface area contributed by atoms with Gasteiger partial charge in [0.2, 0.25) is 0 Å². The molecule has 1 atom stereocenters. The Kier molecular flexibility index (Phi) is 3.98. The summed E-state index contributed by atoms with van der Waals surface area (Å²) < 4.78 is 5.52. The topological polar surface area (TPSA) is 55.6 Å². The minimum Gasteiger partial charge on any atom is -0.397 e. The van der Waals surface area contributed by atoms with Crippen LogP contribution in [0.15, 0.2) is 6.07 Å². The minimum absolute atomic E-state index is 0.237. The van der Waals surface area contributed by atoms with Crippen LogP contribution in [0.5, 0.6) is 0 Å². The zero-order valence-electron chi connectivity index (χ0n) is 11.9. The summed E-state index contributed by atoms with van der Waals surface area (Å²) in [6.45, 7) is 2.71. The van der Waals surface area contributed by atoms with E-state index in [1.807, 2.05) is 6.07 Å². The highest BCUT2D eigenvalue weighted by molar-refractivity contribution is 7.18. The molecule has 3 rings (SSSR count). The van der Waals surface area contributed by atoms with E-state index in [1.54, 1.807) is 11.3 Å². The number of Topliss-reactive ketones (excluding diaryl/α,β-unsaturated/α-hetero) is 1. The SMILES string of the molecule is CN(CC1CCCOC1)c1cc(N)c(C(=O)C2CC2)s1. The highest BCUT2D eigenvalue weighted by atomic mass is 32.1. The van der Waals surface area contributed by atoms with Gasteiger partial charge in [-0.25, -0.2) is 0 Å². The first-order valence-electron chi connectivity index (χ1n) is 7.37. The average Bonchev–Trinajstić information content (AvgIpc) is 3.22. The Morgan fingerprint density at radius 1 is 1.50 bits per heavy atom. The predicted octanol–water partition coefficient (Wildman–Crippen LogP) is 2.79. The van der Waals surface area contributed by atoms with Gasteiger partial charge in [0.1, 0.15) is 0 Å². The van der Waals surface area contributed by atoms with Crippen molar-refractivity contribution in [2.45, 2.75) is 25.7 Å². The lowest BCUT2D eigenvalue weighted by Crippen LogP contribution is -2.30. The first kappa shape index (κ1) is 13.9. The zero-order chi connectivity index (χ0) is 14.1. The zero-order valence-corrected chi connectivity index (χ0v) is 12.7. The maximum absolute atomic E-state index is 12.1. The number of carbonyl (C=O) groups is 1. The van der Waals surface area contributed by atoms with E-state index in [9.17, 15) is 4.79 Å². The van der Waals surface area contributed by atoms with Crippen molar-refractivity contribution in [1.82, 2.24) is 0 Å². The standard InChI is InChI=1S/C15H22N2O2S/c1-17(8-10-3-2-6-19-9-10)13-7-12(16)15(20-13)14(18)11-4-5-11/h7,10-11H,2-6,8-9,16H2,1H3. The van der Waals surface area contributed by atoms with Gasteiger partial charge in [0.05, 0.1) is 22.2 Å². The highest BCUT2D eigenvalue weighted by Crippen LogP contribution is 2.39. The van der Waals surface area contributed by atoms with E-state index >= 15 is 0 Å². The van der Waals surface area contributed by atoms with Gasteiger partial charge in [0.25, 0.3) is 0 Å². The number of nitrogen functional groups attached to an aromatic ring is 1. The van der Waals surface area contributed by atoms with Crippen molar-refractivity contribution in [1.29, 1.82) is 0 Å². The van der Waals surface area contributed by atoms with E-state index < -0.39 is 0 Å². The van der Waals surface area contributed by atoms with Crippen molar-refractivity contribution in [3.05, 3.63) is 10.9 Å². The number of nitrogens with zero attached hydrogens (tertiary/aromatic N) is 1. The van der Waals surface area contributed by atoms with Gasteiger partial charge in [-0.2, -0.15) is 0 Å². The molecule has 2 aliphatic rings. The second-order valence-corrected chi connectivity index (χ2v) is 7.00. The molecule has 1 aliphatic heterocycles. The van der Waals surface area contributed by atoms with Gasteiger partial charge in [0, 0.05) is 26.1 Å². The first-order chi connectivity index (χ1) is 9.65. The van der Waals surface area contributed by atoms with Crippen molar-refractivity contribution in [3.8, 4) is 0 Å². The maximum Gasteiger partial charge on any atom is 0.178 e. The number of ketones is 1. The smallest absolute Gasteiger partial charge is 0.178 e. The normalized spacial score (nSPS) is 22.8. The number of rotatable bonds is 5. The summed E-state index contributed by atoms with van der Waals surface area (Å²) in [4.78, 5) is 15.1. The Bertz CT molecular complexity index is 490. The quantitative estimate of drug-likeness (QED) is 0.848. The molecule has 1 aliphatic carbocycles. The van der Waals surface area contributed by atoms with Crippen LogP contribution in [0.25, 0.3) is 0 Å². The van der Waals surface area contributed by atoms with Crippen LogP contribution < -0.4 is 10.6 Å². The van der Waals surface area contributed by atoms with Crippen LogP contribution in [-0.4, -0.2) is 32.6 Å². The number of carbonyl (C=O) groups excluding carboxylic acids is 1. The van der Waals surface area contributed by atoms with Crippen LogP contribution in [0.3, 0.4) is 0 Å². The molecule has 2 N–H and O–H groups in total. The number of thiophene rings is 1. The van der Waals surface area contributed by atoms with Crippen LogP contribution in [0.2, 0.25) is 0 Å². The van der Waals surface area contributed by atoms with Gasteiger partial charge < -0.3 is 15.4 Å². The molecule has 20 heavy (non-hydrogen) atoms. The lowest BCUT2D eigenvalue weighted by molar-refractivity contribution is 0.0577. The monoisotopic (exact) mass is 294 g/mol. The summed E-state index contributed by atoms with van der Waals surface area (Å²) in [5, 5.41) is 1.09. The third-order valence-electron chi connectivity index (χ3n) is 4.08. The molecule has 110 valence electrons. The number of hydrogen-bond donors (Lipinski definition) is 1. The van der Waals surface area contributed by atoms with Gasteiger partial charge in [-0.15, -0.1) is 11.3 Å². The molecular formula is C15H22N2O2S. The average molecular weight is 294 g/mol. The van der Waals surface area contributed by atoms with E-state index in [2.05, 4.69) is 11.9 Å². The molecule has 1 saturated carbocycles. The molecule has 0 aromatic carbocycles. The van der Waals surface area contributed by atoms with Crippen molar-refractivity contribution < 1.29 is 9.53 Å². The van der Waals surface area contributed by atoms with Crippen LogP contribution in [-0.2, 0) is 4.74 Å². The van der Waals surface area contributed by atoms with Gasteiger partial charge in [-0.1, -0.05) is 0 Å². The van der Waals surface area contributed by atoms with E-state index in [1.165, 1.54) is 6.42 Å². The first-order valence-corrected chi connectivity index (χ1v) is 8.19. The third-order valence-corrected chi connectivity index (χ3v) is 5.36. The molecule has 0 amide bonds. The highest BCUT2D eigenvalue weighted by Gasteiger charge is 2.33. The molecule has 1 unspecified atom stereocenters. The van der Waals surface area contributed by atoms with E-state index in [-0.39, 0.29) is 11.7 Å². The second-order valence-electron chi connectivity index (χ2n) is 5.97. The Balaban J connectivity index is 1.66. The lowest BCUT2D eigenvalue weighted by atomic mass is 10.0. The fourth-order valence-corrected chi connectivity index (χ4v) is 3.80. The summed E-state index contributed by atoms with van der Waals surface area (Å²) in [6, 6.07) is 1.95. The fraction of sp³-hybridized carbons (Fsp3) is 0.667. The largest absolute Gasteiger partial charge is 0.397 e. The van der Waals surface area contributed by atoms with Crippen molar-refractivity contribution >= 4 is 27.8 Å². The Morgan fingerprint density at radius 3 is 2.95 bits per heavy atom. The van der Waals surface area contributed by atoms with Crippen LogP contribution in [0.1, 0.15) is 35.4 Å². The van der Waals surface area contributed by atoms with Crippen molar-refractivity contribution in [2.75, 3.05) is 37.4 Å². The molecule has 1 aromatic heterocycles. The fourth-order valence-electron chi connectivity index (χ4n) is 2.73. The Labute approximate surface area is 123 Å². The van der Waals surface area contributed by atoms with Crippen LogP contribution >= 0.6 is 11.3 Å². The molecular weight excluding hydrogens is 272 g/mol. The predicted molar refractivity (Wildman–Crippen MR) is 82.6 cm³/mol. The molecule has 1 saturated heterocycles. The summed E-state index contributed by atoms with van der Waals surface area (Å²) in [5.41, 5.74) is 6.66. The molecule has 1 aromatic rings. The van der Waals surface area contributed by atoms with Gasteiger partial charge >= 0.3 is 0 Å². The summed E-state index contributed by atoms with van der Waals surface area (Å²) in [5.74, 6) is 1.06. The number of anilines is 2. The maximum atomic E-state index is 12.1. The van der Waals surface area contributed by atoms with Gasteiger partial charge in [-0.05, 0) is 37.7 Å². The number of ether oxygens (including phenoxy) is 1. The minimum atomic E-state index is 0.237. The molecule has 0 radical (unpaired) electrons. The van der Waals surface area contributed by atoms with Crippen LogP contribution in [0, 0.1) is 11.8 Å². The number of nitrogens with two attached hydrogens (primary N) is 1. The summed E-state index contributed by atoms with van der Waals surface area (Å²) >= 11 is 1.54. The van der Waals surface area contributed by atoms with Gasteiger partial charge in [-0.3, -0.25) is 4.79 Å². The number of hydrogen-bond acceptors (Lipinski definition) is 5. The second kappa shape index (κ2) is 5.74. The van der Waals surface area contributed by atoms with Gasteiger partial charge in [0.15, 0.2) is 5.78 Å². The molecule has 4 nitrogen and oxygen atoms in total. The molecule has 2 heterocycles. The third kappa shape index (κ3) is 2.99. The summed E-state index contributed by atoms with van der Waals surface area (Å²) in [6.07, 6.45) is 4.43. The van der Waals surface area contributed by atoms with Crippen LogP contribution in [0.4, 0.5) is 10.7 Å². The van der Waals surface area contributed by atoms with E-state index in [0.29, 0.717) is 11.6 Å². The Morgan fingerprint density at radius 2 is 2.30 bits per heavy atom. The Hall–Kier alpha value is -1.07. The molecule has 0 spiro atoms. The van der Waals surface area contributed by atoms with Crippen molar-refractivity contribution in [2.24, 2.45) is 11.8 Å². The van der Waals surface area contributed by atoms with Crippen molar-refractivity contribution in [3.63, 3.8) is 0 Å². The molecule has 5 heteroatoms. The van der Waals surface area contributed by atoms with E-state index in [4.69, 9.17) is 10.5 Å². The van der Waals surface area contributed by atoms with E-state index in [0.717, 1.165) is 48.9 Å². The molecule has 0 bridgehead atoms. The lowest BCUT2D eigenvalue weighted by Gasteiger charge is -2.27. The molecule has 2 fully saturated rings.